The van der Waals surface area contributed by atoms with Gasteiger partial charge >= 0.3 is 5.91 Å². The average Bonchev–Trinajstić information content (AvgIpc) is 2.98. The monoisotopic (exact) mass is 273 g/mol. The van der Waals surface area contributed by atoms with E-state index in [4.69, 9.17) is 4.42 Å². The number of nitro benzene ring substituents is 1. The number of carbonyl (C=O) groups is 1. The molecule has 0 saturated carbocycles. The summed E-state index contributed by atoms with van der Waals surface area (Å²) in [5.41, 5.74) is 3.29. The molecule has 1 amide bonds. The first kappa shape index (κ1) is 13.5. The highest BCUT2D eigenvalue weighted by Crippen LogP contribution is 2.13. The molecular formula is C13H11N3O4. The SMILES string of the molecule is C/C(=N/NC(=O)c1ccco1)c1cccc([N+](=O)[O-])c1. The molecule has 2 rings (SSSR count). The van der Waals surface area contributed by atoms with Crippen molar-refractivity contribution in [3.8, 4) is 0 Å². The molecule has 1 aromatic carbocycles. The molecule has 0 fully saturated rings. The van der Waals surface area contributed by atoms with E-state index >= 15 is 0 Å². The fraction of sp³-hybridized carbons (Fsp3) is 0.0769. The largest absolute Gasteiger partial charge is 0.459 e. The number of hydrogen-bond donors (Lipinski definition) is 1. The predicted molar refractivity (Wildman–Crippen MR) is 71.5 cm³/mol. The molecule has 0 aliphatic heterocycles. The molecule has 2 aromatic rings. The van der Waals surface area contributed by atoms with Crippen LogP contribution in [0.15, 0.2) is 52.2 Å². The molecule has 102 valence electrons. The van der Waals surface area contributed by atoms with Crippen LogP contribution in [0, 0.1) is 10.1 Å². The first-order valence-electron chi connectivity index (χ1n) is 5.71. The minimum absolute atomic E-state index is 0.0330. The van der Waals surface area contributed by atoms with Crippen LogP contribution in [0.5, 0.6) is 0 Å². The van der Waals surface area contributed by atoms with E-state index in [0.29, 0.717) is 11.3 Å². The first-order valence-corrected chi connectivity index (χ1v) is 5.71. The summed E-state index contributed by atoms with van der Waals surface area (Å²) in [4.78, 5) is 21.8. The van der Waals surface area contributed by atoms with Gasteiger partial charge in [-0.05, 0) is 19.1 Å². The van der Waals surface area contributed by atoms with Crippen LogP contribution in [-0.2, 0) is 0 Å². The van der Waals surface area contributed by atoms with Gasteiger partial charge in [-0.1, -0.05) is 12.1 Å². The van der Waals surface area contributed by atoms with E-state index in [-0.39, 0.29) is 11.4 Å². The third-order valence-electron chi connectivity index (χ3n) is 2.54. The second-order valence-corrected chi connectivity index (χ2v) is 3.92. The average molecular weight is 273 g/mol. The number of benzene rings is 1. The van der Waals surface area contributed by atoms with Gasteiger partial charge < -0.3 is 4.42 Å². The summed E-state index contributed by atoms with van der Waals surface area (Å²) >= 11 is 0. The van der Waals surface area contributed by atoms with Crippen LogP contribution in [0.2, 0.25) is 0 Å². The number of furan rings is 1. The number of carbonyl (C=O) groups excluding carboxylic acids is 1. The van der Waals surface area contributed by atoms with Gasteiger partial charge in [-0.2, -0.15) is 5.10 Å². The van der Waals surface area contributed by atoms with Gasteiger partial charge in [0.2, 0.25) is 0 Å². The molecule has 1 heterocycles. The van der Waals surface area contributed by atoms with Crippen LogP contribution in [0.3, 0.4) is 0 Å². The fourth-order valence-corrected chi connectivity index (χ4v) is 1.51. The van der Waals surface area contributed by atoms with E-state index in [1.807, 2.05) is 0 Å². The number of hydrogen-bond acceptors (Lipinski definition) is 5. The Kier molecular flexibility index (Phi) is 3.90. The van der Waals surface area contributed by atoms with Crippen LogP contribution >= 0.6 is 0 Å². The second-order valence-electron chi connectivity index (χ2n) is 3.92. The van der Waals surface area contributed by atoms with Crippen LogP contribution in [0.1, 0.15) is 23.0 Å². The maximum atomic E-state index is 11.6. The highest BCUT2D eigenvalue weighted by atomic mass is 16.6. The maximum Gasteiger partial charge on any atom is 0.307 e. The van der Waals surface area contributed by atoms with Crippen LogP contribution < -0.4 is 5.43 Å². The van der Waals surface area contributed by atoms with E-state index in [0.717, 1.165) is 0 Å². The van der Waals surface area contributed by atoms with Crippen molar-refractivity contribution in [3.63, 3.8) is 0 Å². The van der Waals surface area contributed by atoms with Gasteiger partial charge in [-0.15, -0.1) is 0 Å². The zero-order valence-corrected chi connectivity index (χ0v) is 10.6. The zero-order valence-electron chi connectivity index (χ0n) is 10.6. The first-order chi connectivity index (χ1) is 9.58. The van der Waals surface area contributed by atoms with Gasteiger partial charge in [0.25, 0.3) is 5.69 Å². The highest BCUT2D eigenvalue weighted by molar-refractivity contribution is 6.00. The van der Waals surface area contributed by atoms with E-state index in [1.54, 1.807) is 25.1 Å². The molecule has 20 heavy (non-hydrogen) atoms. The minimum atomic E-state index is -0.488. The number of nitrogens with zero attached hydrogens (tertiary/aromatic N) is 2. The molecule has 1 N–H and O–H groups in total. The van der Waals surface area contributed by atoms with Crippen molar-refractivity contribution in [2.24, 2.45) is 5.10 Å². The molecule has 0 bridgehead atoms. The molecule has 0 radical (unpaired) electrons. The predicted octanol–water partition coefficient (Wildman–Crippen LogP) is 2.34. The number of non-ortho nitro benzene ring substituents is 1. The van der Waals surface area contributed by atoms with Crippen molar-refractivity contribution in [1.29, 1.82) is 0 Å². The molecular weight excluding hydrogens is 262 g/mol. The minimum Gasteiger partial charge on any atom is -0.459 e. The van der Waals surface area contributed by atoms with Crippen LogP contribution in [-0.4, -0.2) is 16.5 Å². The van der Waals surface area contributed by atoms with Crippen LogP contribution in [0.4, 0.5) is 5.69 Å². The van der Waals surface area contributed by atoms with Crippen LogP contribution in [0.25, 0.3) is 0 Å². The van der Waals surface area contributed by atoms with Crippen molar-refractivity contribution in [1.82, 2.24) is 5.43 Å². The summed E-state index contributed by atoms with van der Waals surface area (Å²) < 4.78 is 4.91. The third-order valence-corrected chi connectivity index (χ3v) is 2.54. The fourth-order valence-electron chi connectivity index (χ4n) is 1.51. The summed E-state index contributed by atoms with van der Waals surface area (Å²) in [6, 6.07) is 9.10. The number of nitrogens with one attached hydrogen (secondary N) is 1. The van der Waals surface area contributed by atoms with Crippen molar-refractivity contribution in [2.45, 2.75) is 6.92 Å². The van der Waals surface area contributed by atoms with E-state index in [2.05, 4.69) is 10.5 Å². The normalized spacial score (nSPS) is 11.2. The van der Waals surface area contributed by atoms with E-state index in [1.165, 1.54) is 24.5 Å². The Bertz CT molecular complexity index is 662. The molecule has 0 spiro atoms. The summed E-state index contributed by atoms with van der Waals surface area (Å²) in [5.74, 6) is -0.347. The van der Waals surface area contributed by atoms with Crippen molar-refractivity contribution >= 4 is 17.3 Å². The standard InChI is InChI=1S/C13H11N3O4/c1-9(10-4-2-5-11(8-10)16(18)19)14-15-13(17)12-6-3-7-20-12/h2-8H,1H3,(H,15,17)/b14-9-. The molecule has 0 unspecified atom stereocenters. The van der Waals surface area contributed by atoms with Gasteiger partial charge in [-0.25, -0.2) is 5.43 Å². The number of hydrazone groups is 1. The van der Waals surface area contributed by atoms with Gasteiger partial charge in [0.1, 0.15) is 0 Å². The van der Waals surface area contributed by atoms with Crippen molar-refractivity contribution in [3.05, 3.63) is 64.1 Å². The highest BCUT2D eigenvalue weighted by Gasteiger charge is 2.09. The molecule has 7 nitrogen and oxygen atoms in total. The molecule has 0 aliphatic rings. The van der Waals surface area contributed by atoms with Gasteiger partial charge in [0.15, 0.2) is 5.76 Å². The topological polar surface area (TPSA) is 97.7 Å². The molecule has 0 saturated heterocycles. The Morgan fingerprint density at radius 2 is 2.15 bits per heavy atom. The van der Waals surface area contributed by atoms with Crippen molar-refractivity contribution < 1.29 is 14.1 Å². The smallest absolute Gasteiger partial charge is 0.307 e. The summed E-state index contributed by atoms with van der Waals surface area (Å²) in [6.45, 7) is 1.64. The summed E-state index contributed by atoms with van der Waals surface area (Å²) in [7, 11) is 0. The Labute approximate surface area is 114 Å². The van der Waals surface area contributed by atoms with Crippen molar-refractivity contribution in [2.75, 3.05) is 0 Å². The molecule has 0 atom stereocenters. The maximum absolute atomic E-state index is 11.6. The second kappa shape index (κ2) is 5.79. The lowest BCUT2D eigenvalue weighted by atomic mass is 10.1. The van der Waals surface area contributed by atoms with E-state index in [9.17, 15) is 14.9 Å². The lowest BCUT2D eigenvalue weighted by Crippen LogP contribution is -2.18. The summed E-state index contributed by atoms with van der Waals surface area (Å²) in [5, 5.41) is 14.6. The zero-order chi connectivity index (χ0) is 14.5. The Balaban J connectivity index is 2.12. The Morgan fingerprint density at radius 1 is 1.35 bits per heavy atom. The number of nitro groups is 1. The molecule has 7 heteroatoms. The number of rotatable bonds is 4. The third kappa shape index (κ3) is 3.08. The Morgan fingerprint density at radius 3 is 2.80 bits per heavy atom. The van der Waals surface area contributed by atoms with E-state index < -0.39 is 10.8 Å². The number of amides is 1. The van der Waals surface area contributed by atoms with Gasteiger partial charge in [0, 0.05) is 17.7 Å². The molecule has 1 aromatic heterocycles. The van der Waals surface area contributed by atoms with Gasteiger partial charge in [-0.3, -0.25) is 14.9 Å². The summed E-state index contributed by atoms with van der Waals surface area (Å²) in [6.07, 6.45) is 1.38. The lowest BCUT2D eigenvalue weighted by molar-refractivity contribution is -0.384. The quantitative estimate of drug-likeness (QED) is 0.525. The Hall–Kier alpha value is -2.96. The lowest BCUT2D eigenvalue weighted by Gasteiger charge is -2.01. The van der Waals surface area contributed by atoms with Gasteiger partial charge in [0.05, 0.1) is 16.9 Å². The molecule has 0 aliphatic carbocycles.